The number of alkyl halides is 3. The number of hydrogen-bond acceptors (Lipinski definition) is 3. The summed E-state index contributed by atoms with van der Waals surface area (Å²) < 4.78 is 37.8. The van der Waals surface area contributed by atoms with Crippen LogP contribution in [0.1, 0.15) is 36.8 Å². The van der Waals surface area contributed by atoms with E-state index in [1.807, 2.05) is 0 Å². The van der Waals surface area contributed by atoms with Crippen molar-refractivity contribution < 1.29 is 32.7 Å². The number of halogens is 3. The average molecular weight is 412 g/mol. The Morgan fingerprint density at radius 3 is 2.24 bits per heavy atom. The molecule has 1 atom stereocenters. The molecule has 2 aliphatic rings. The van der Waals surface area contributed by atoms with Crippen molar-refractivity contribution in [2.45, 2.75) is 44.3 Å². The van der Waals surface area contributed by atoms with E-state index in [0.717, 1.165) is 12.1 Å². The lowest BCUT2D eigenvalue weighted by molar-refractivity contribution is -0.141. The van der Waals surface area contributed by atoms with Gasteiger partial charge in [0.25, 0.3) is 0 Å². The number of carboxylic acid groups (broad SMARTS) is 1. The van der Waals surface area contributed by atoms with Gasteiger partial charge < -0.3 is 14.9 Å². The number of rotatable bonds is 5. The number of likely N-dealkylation sites (tertiary alicyclic amines) is 2. The maximum Gasteiger partial charge on any atom is 0.416 e. The number of nitrogens with zero attached hydrogens (tertiary/aromatic N) is 2. The molecule has 1 unspecified atom stereocenters. The second kappa shape index (κ2) is 8.42. The molecule has 6 nitrogen and oxygen atoms in total. The molecule has 9 heteroatoms. The van der Waals surface area contributed by atoms with Crippen LogP contribution in [0.5, 0.6) is 0 Å². The maximum atomic E-state index is 12.6. The van der Waals surface area contributed by atoms with Crippen molar-refractivity contribution in [3.8, 4) is 0 Å². The highest BCUT2D eigenvalue weighted by molar-refractivity contribution is 5.86. The summed E-state index contributed by atoms with van der Waals surface area (Å²) in [5, 5.41) is 9.08. The number of benzene rings is 1. The Balaban J connectivity index is 1.45. The summed E-state index contributed by atoms with van der Waals surface area (Å²) in [5.41, 5.74) is -0.0418. The van der Waals surface area contributed by atoms with Gasteiger partial charge in [0.05, 0.1) is 11.5 Å². The van der Waals surface area contributed by atoms with Crippen molar-refractivity contribution in [1.29, 1.82) is 0 Å². The van der Waals surface area contributed by atoms with E-state index in [-0.39, 0.29) is 37.2 Å². The van der Waals surface area contributed by atoms with Crippen LogP contribution in [0.2, 0.25) is 0 Å². The maximum absolute atomic E-state index is 12.6. The molecule has 0 bridgehead atoms. The normalized spacial score (nSPS) is 20.9. The number of carboxylic acids is 1. The van der Waals surface area contributed by atoms with Gasteiger partial charge in [-0.25, -0.2) is 0 Å². The summed E-state index contributed by atoms with van der Waals surface area (Å²) >= 11 is 0. The summed E-state index contributed by atoms with van der Waals surface area (Å²) in [5.74, 6) is -1.84. The molecule has 158 valence electrons. The zero-order valence-corrected chi connectivity index (χ0v) is 15.8. The second-order valence-electron chi connectivity index (χ2n) is 7.59. The first-order valence-corrected chi connectivity index (χ1v) is 9.61. The quantitative estimate of drug-likeness (QED) is 0.807. The van der Waals surface area contributed by atoms with Crippen LogP contribution in [-0.2, 0) is 27.0 Å². The molecule has 2 heterocycles. The average Bonchev–Trinajstić information content (AvgIpc) is 3.08. The fourth-order valence-corrected chi connectivity index (χ4v) is 3.95. The first-order valence-electron chi connectivity index (χ1n) is 9.61. The van der Waals surface area contributed by atoms with Gasteiger partial charge in [-0.1, -0.05) is 12.1 Å². The van der Waals surface area contributed by atoms with Crippen LogP contribution in [0, 0.1) is 5.92 Å². The van der Waals surface area contributed by atoms with E-state index in [2.05, 4.69) is 0 Å². The SMILES string of the molecule is O=C(O)C1CC(=O)N(C2CCN(C(=O)CCc3ccc(C(F)(F)F)cc3)CC2)C1. The lowest BCUT2D eigenvalue weighted by Gasteiger charge is -2.36. The van der Waals surface area contributed by atoms with E-state index in [9.17, 15) is 27.6 Å². The minimum absolute atomic E-state index is 0.0294. The molecule has 1 N–H and O–H groups in total. The number of piperidine rings is 1. The summed E-state index contributed by atoms with van der Waals surface area (Å²) in [7, 11) is 0. The van der Waals surface area contributed by atoms with E-state index >= 15 is 0 Å². The first kappa shape index (κ1) is 21.1. The van der Waals surface area contributed by atoms with Crippen LogP contribution >= 0.6 is 0 Å². The van der Waals surface area contributed by atoms with Crippen molar-refractivity contribution in [3.05, 3.63) is 35.4 Å². The zero-order valence-electron chi connectivity index (χ0n) is 15.8. The molecule has 2 fully saturated rings. The van der Waals surface area contributed by atoms with Gasteiger partial charge in [-0.2, -0.15) is 13.2 Å². The third-order valence-electron chi connectivity index (χ3n) is 5.67. The number of amides is 2. The van der Waals surface area contributed by atoms with Crippen molar-refractivity contribution >= 4 is 17.8 Å². The molecule has 0 aliphatic carbocycles. The van der Waals surface area contributed by atoms with Gasteiger partial charge in [-0.3, -0.25) is 14.4 Å². The van der Waals surface area contributed by atoms with Crippen molar-refractivity contribution in [2.75, 3.05) is 19.6 Å². The molecular weight excluding hydrogens is 389 g/mol. The highest BCUT2D eigenvalue weighted by Crippen LogP contribution is 2.29. The van der Waals surface area contributed by atoms with E-state index in [4.69, 9.17) is 5.11 Å². The minimum atomic E-state index is -4.38. The van der Waals surface area contributed by atoms with Crippen LogP contribution in [0.25, 0.3) is 0 Å². The number of carbonyl (C=O) groups excluding carboxylic acids is 2. The smallest absolute Gasteiger partial charge is 0.416 e. The van der Waals surface area contributed by atoms with Crippen molar-refractivity contribution in [2.24, 2.45) is 5.92 Å². The van der Waals surface area contributed by atoms with E-state index < -0.39 is 23.6 Å². The van der Waals surface area contributed by atoms with Gasteiger partial charge in [-0.05, 0) is 37.0 Å². The Morgan fingerprint density at radius 2 is 1.72 bits per heavy atom. The minimum Gasteiger partial charge on any atom is -0.481 e. The molecule has 2 saturated heterocycles. The molecule has 29 heavy (non-hydrogen) atoms. The Morgan fingerprint density at radius 1 is 1.10 bits per heavy atom. The summed E-state index contributed by atoms with van der Waals surface area (Å²) in [6, 6.07) is 4.76. The summed E-state index contributed by atoms with van der Waals surface area (Å²) in [6.07, 6.45) is -2.57. The van der Waals surface area contributed by atoms with E-state index in [1.165, 1.54) is 12.1 Å². The Hall–Kier alpha value is -2.58. The lowest BCUT2D eigenvalue weighted by atomic mass is 10.0. The van der Waals surface area contributed by atoms with E-state index in [1.54, 1.807) is 9.80 Å². The van der Waals surface area contributed by atoms with Gasteiger partial charge in [0, 0.05) is 38.5 Å². The Kier molecular flexibility index (Phi) is 6.14. The molecule has 0 radical (unpaired) electrons. The molecule has 1 aromatic rings. The number of aliphatic carboxylic acids is 1. The van der Waals surface area contributed by atoms with Crippen LogP contribution in [0.3, 0.4) is 0 Å². The standard InChI is InChI=1S/C20H23F3N2O4/c21-20(22,23)15-4-1-13(2-5-15)3-6-17(26)24-9-7-16(8-10-24)25-12-14(19(28)29)11-18(25)27/h1-2,4-5,14,16H,3,6-12H2,(H,28,29). The van der Waals surface area contributed by atoms with Crippen LogP contribution in [-0.4, -0.2) is 58.4 Å². The van der Waals surface area contributed by atoms with Gasteiger partial charge in [-0.15, -0.1) is 0 Å². The topological polar surface area (TPSA) is 77.9 Å². The summed E-state index contributed by atoms with van der Waals surface area (Å²) in [4.78, 5) is 38.9. The molecule has 3 rings (SSSR count). The fourth-order valence-electron chi connectivity index (χ4n) is 3.95. The molecule has 0 aromatic heterocycles. The number of carbonyl (C=O) groups is 3. The molecular formula is C20H23F3N2O4. The Labute approximate surface area is 166 Å². The second-order valence-corrected chi connectivity index (χ2v) is 7.59. The third kappa shape index (κ3) is 5.07. The molecule has 2 amide bonds. The number of hydrogen-bond donors (Lipinski definition) is 1. The van der Waals surface area contributed by atoms with Crippen LogP contribution in [0.4, 0.5) is 13.2 Å². The lowest BCUT2D eigenvalue weighted by Crippen LogP contribution is -2.47. The van der Waals surface area contributed by atoms with Crippen LogP contribution in [0.15, 0.2) is 24.3 Å². The molecule has 1 aromatic carbocycles. The van der Waals surface area contributed by atoms with Gasteiger partial charge in [0.15, 0.2) is 0 Å². The van der Waals surface area contributed by atoms with Crippen molar-refractivity contribution in [3.63, 3.8) is 0 Å². The van der Waals surface area contributed by atoms with Crippen LogP contribution < -0.4 is 0 Å². The van der Waals surface area contributed by atoms with Gasteiger partial charge in [0.2, 0.25) is 11.8 Å². The predicted molar refractivity (Wildman–Crippen MR) is 96.8 cm³/mol. The molecule has 0 spiro atoms. The summed E-state index contributed by atoms with van der Waals surface area (Å²) in [6.45, 7) is 1.19. The largest absolute Gasteiger partial charge is 0.481 e. The molecule has 0 saturated carbocycles. The first-order chi connectivity index (χ1) is 13.6. The van der Waals surface area contributed by atoms with E-state index in [0.29, 0.717) is 37.9 Å². The fraction of sp³-hybridized carbons (Fsp3) is 0.550. The van der Waals surface area contributed by atoms with Crippen molar-refractivity contribution in [1.82, 2.24) is 9.80 Å². The Bertz CT molecular complexity index is 771. The van der Waals surface area contributed by atoms with Gasteiger partial charge in [0.1, 0.15) is 0 Å². The highest BCUT2D eigenvalue weighted by atomic mass is 19.4. The van der Waals surface area contributed by atoms with Gasteiger partial charge >= 0.3 is 12.1 Å². The monoisotopic (exact) mass is 412 g/mol. The zero-order chi connectivity index (χ0) is 21.2. The molecule has 2 aliphatic heterocycles. The number of aryl methyl sites for hydroxylation is 1. The predicted octanol–water partition coefficient (Wildman–Crippen LogP) is 2.56. The third-order valence-corrected chi connectivity index (χ3v) is 5.67. The highest BCUT2D eigenvalue weighted by Gasteiger charge is 2.39.